The van der Waals surface area contributed by atoms with Crippen LogP contribution in [0.2, 0.25) is 0 Å². The van der Waals surface area contributed by atoms with Gasteiger partial charge in [0.15, 0.2) is 0 Å². The third-order valence-corrected chi connectivity index (χ3v) is 2.91. The highest BCUT2D eigenvalue weighted by molar-refractivity contribution is 5.95. The Morgan fingerprint density at radius 3 is 2.90 bits per heavy atom. The van der Waals surface area contributed by atoms with Crippen molar-refractivity contribution in [1.29, 1.82) is 0 Å². The summed E-state index contributed by atoms with van der Waals surface area (Å²) in [7, 11) is 1.54. The highest BCUT2D eigenvalue weighted by atomic mass is 16.5. The monoisotopic (exact) mass is 271 g/mol. The van der Waals surface area contributed by atoms with Crippen molar-refractivity contribution in [2.24, 2.45) is 0 Å². The Hall–Kier alpha value is -2.56. The van der Waals surface area contributed by atoms with E-state index in [1.807, 2.05) is 12.1 Å². The second-order valence-electron chi connectivity index (χ2n) is 4.32. The lowest BCUT2D eigenvalue weighted by atomic mass is 10.1. The molecule has 104 valence electrons. The SMILES string of the molecule is COc1ccc(C(=O)NCCc2cccnc2)cc1N. The maximum absolute atomic E-state index is 12.0. The van der Waals surface area contributed by atoms with Gasteiger partial charge in [-0.25, -0.2) is 0 Å². The van der Waals surface area contributed by atoms with Crippen LogP contribution in [0.5, 0.6) is 5.75 Å². The Morgan fingerprint density at radius 2 is 2.25 bits per heavy atom. The van der Waals surface area contributed by atoms with E-state index in [4.69, 9.17) is 10.5 Å². The third kappa shape index (κ3) is 3.47. The highest BCUT2D eigenvalue weighted by Crippen LogP contribution is 2.21. The average molecular weight is 271 g/mol. The molecule has 0 unspecified atom stereocenters. The lowest BCUT2D eigenvalue weighted by molar-refractivity contribution is 0.0954. The fourth-order valence-electron chi connectivity index (χ4n) is 1.84. The van der Waals surface area contributed by atoms with Gasteiger partial charge >= 0.3 is 0 Å². The van der Waals surface area contributed by atoms with Gasteiger partial charge in [-0.3, -0.25) is 9.78 Å². The molecule has 0 spiro atoms. The number of rotatable bonds is 5. The number of nitrogens with zero attached hydrogens (tertiary/aromatic N) is 1. The van der Waals surface area contributed by atoms with Gasteiger partial charge in [-0.1, -0.05) is 6.07 Å². The van der Waals surface area contributed by atoms with E-state index in [0.717, 1.165) is 12.0 Å². The Morgan fingerprint density at radius 1 is 1.40 bits per heavy atom. The Labute approximate surface area is 117 Å². The van der Waals surface area contributed by atoms with Gasteiger partial charge in [-0.2, -0.15) is 0 Å². The number of benzene rings is 1. The molecule has 3 N–H and O–H groups in total. The maximum Gasteiger partial charge on any atom is 0.251 e. The van der Waals surface area contributed by atoms with E-state index < -0.39 is 0 Å². The lowest BCUT2D eigenvalue weighted by Crippen LogP contribution is -2.25. The van der Waals surface area contributed by atoms with Crippen molar-refractivity contribution >= 4 is 11.6 Å². The van der Waals surface area contributed by atoms with E-state index in [2.05, 4.69) is 10.3 Å². The van der Waals surface area contributed by atoms with Gasteiger partial charge in [0, 0.05) is 24.5 Å². The van der Waals surface area contributed by atoms with Gasteiger partial charge in [-0.05, 0) is 36.2 Å². The van der Waals surface area contributed by atoms with Crippen molar-refractivity contribution in [2.75, 3.05) is 19.4 Å². The number of ether oxygens (including phenoxy) is 1. The van der Waals surface area contributed by atoms with Crippen LogP contribution in [0.4, 0.5) is 5.69 Å². The maximum atomic E-state index is 12.0. The van der Waals surface area contributed by atoms with Crippen molar-refractivity contribution in [1.82, 2.24) is 10.3 Å². The van der Waals surface area contributed by atoms with Gasteiger partial charge in [-0.15, -0.1) is 0 Å². The summed E-state index contributed by atoms with van der Waals surface area (Å²) in [6.45, 7) is 0.552. The first kappa shape index (κ1) is 13.9. The number of carbonyl (C=O) groups excluding carboxylic acids is 1. The van der Waals surface area contributed by atoms with Crippen LogP contribution in [0.25, 0.3) is 0 Å². The molecule has 0 aliphatic heterocycles. The molecule has 0 aliphatic rings. The van der Waals surface area contributed by atoms with Crippen molar-refractivity contribution < 1.29 is 9.53 Å². The summed E-state index contributed by atoms with van der Waals surface area (Å²) in [5.74, 6) is 0.417. The summed E-state index contributed by atoms with van der Waals surface area (Å²) in [6.07, 6.45) is 4.25. The topological polar surface area (TPSA) is 77.2 Å². The summed E-state index contributed by atoms with van der Waals surface area (Å²) in [6, 6.07) is 8.84. The molecule has 2 rings (SSSR count). The molecular formula is C15H17N3O2. The molecule has 2 aromatic rings. The normalized spacial score (nSPS) is 10.1. The van der Waals surface area contributed by atoms with Crippen molar-refractivity contribution in [2.45, 2.75) is 6.42 Å². The summed E-state index contributed by atoms with van der Waals surface area (Å²) >= 11 is 0. The van der Waals surface area contributed by atoms with Gasteiger partial charge in [0.05, 0.1) is 12.8 Å². The second kappa shape index (κ2) is 6.56. The molecule has 20 heavy (non-hydrogen) atoms. The number of methoxy groups -OCH3 is 1. The molecule has 0 saturated heterocycles. The van der Waals surface area contributed by atoms with E-state index in [0.29, 0.717) is 23.5 Å². The number of amides is 1. The number of carbonyl (C=O) groups is 1. The minimum atomic E-state index is -0.150. The number of anilines is 1. The molecule has 0 fully saturated rings. The minimum Gasteiger partial charge on any atom is -0.495 e. The summed E-state index contributed by atoms with van der Waals surface area (Å²) in [4.78, 5) is 16.0. The zero-order valence-electron chi connectivity index (χ0n) is 11.3. The van der Waals surface area contributed by atoms with Crippen LogP contribution in [-0.2, 0) is 6.42 Å². The number of nitrogen functional groups attached to an aromatic ring is 1. The fraction of sp³-hybridized carbons (Fsp3) is 0.200. The molecule has 0 atom stereocenters. The molecule has 1 aromatic carbocycles. The van der Waals surface area contributed by atoms with Gasteiger partial charge in [0.25, 0.3) is 5.91 Å². The van der Waals surface area contributed by atoms with Crippen LogP contribution in [-0.4, -0.2) is 24.5 Å². The molecule has 0 radical (unpaired) electrons. The first-order valence-corrected chi connectivity index (χ1v) is 6.31. The molecule has 0 aliphatic carbocycles. The predicted molar refractivity (Wildman–Crippen MR) is 77.7 cm³/mol. The van der Waals surface area contributed by atoms with E-state index in [1.165, 1.54) is 0 Å². The van der Waals surface area contributed by atoms with Crippen LogP contribution in [0, 0.1) is 0 Å². The zero-order valence-corrected chi connectivity index (χ0v) is 11.3. The van der Waals surface area contributed by atoms with Crippen LogP contribution < -0.4 is 15.8 Å². The van der Waals surface area contributed by atoms with E-state index in [1.54, 1.807) is 37.7 Å². The average Bonchev–Trinajstić information content (AvgIpc) is 2.48. The first-order valence-electron chi connectivity index (χ1n) is 6.31. The Bertz CT molecular complexity index is 585. The third-order valence-electron chi connectivity index (χ3n) is 2.91. The van der Waals surface area contributed by atoms with E-state index >= 15 is 0 Å². The van der Waals surface area contributed by atoms with Crippen molar-refractivity contribution in [3.05, 3.63) is 53.9 Å². The molecule has 1 amide bonds. The molecule has 0 saturated carbocycles. The second-order valence-corrected chi connectivity index (χ2v) is 4.32. The summed E-state index contributed by atoms with van der Waals surface area (Å²) in [5.41, 5.74) is 7.84. The number of hydrogen-bond acceptors (Lipinski definition) is 4. The van der Waals surface area contributed by atoms with Crippen LogP contribution in [0.1, 0.15) is 15.9 Å². The van der Waals surface area contributed by atoms with Crippen molar-refractivity contribution in [3.63, 3.8) is 0 Å². The van der Waals surface area contributed by atoms with Crippen LogP contribution >= 0.6 is 0 Å². The summed E-state index contributed by atoms with van der Waals surface area (Å²) in [5, 5.41) is 2.85. The quantitative estimate of drug-likeness (QED) is 0.810. The molecule has 1 heterocycles. The standard InChI is InChI=1S/C15H17N3O2/c1-20-14-5-4-12(9-13(14)16)15(19)18-8-6-11-3-2-7-17-10-11/h2-5,7,9-10H,6,8,16H2,1H3,(H,18,19). The molecule has 5 nitrogen and oxygen atoms in total. The zero-order chi connectivity index (χ0) is 14.4. The number of nitrogens with two attached hydrogens (primary N) is 1. The fourth-order valence-corrected chi connectivity index (χ4v) is 1.84. The molecule has 1 aromatic heterocycles. The Kier molecular flexibility index (Phi) is 4.55. The molecular weight excluding hydrogens is 254 g/mol. The summed E-state index contributed by atoms with van der Waals surface area (Å²) < 4.78 is 5.06. The minimum absolute atomic E-state index is 0.150. The Balaban J connectivity index is 1.90. The lowest BCUT2D eigenvalue weighted by Gasteiger charge is -2.08. The number of aromatic nitrogens is 1. The van der Waals surface area contributed by atoms with Gasteiger partial charge < -0.3 is 15.8 Å². The predicted octanol–water partition coefficient (Wildman–Crippen LogP) is 1.64. The van der Waals surface area contributed by atoms with Crippen LogP contribution in [0.15, 0.2) is 42.7 Å². The number of pyridine rings is 1. The number of nitrogens with one attached hydrogen (secondary N) is 1. The van der Waals surface area contributed by atoms with E-state index in [9.17, 15) is 4.79 Å². The van der Waals surface area contributed by atoms with Crippen LogP contribution in [0.3, 0.4) is 0 Å². The van der Waals surface area contributed by atoms with Gasteiger partial charge in [0.2, 0.25) is 0 Å². The van der Waals surface area contributed by atoms with E-state index in [-0.39, 0.29) is 5.91 Å². The first-order chi connectivity index (χ1) is 9.70. The molecule has 0 bridgehead atoms. The van der Waals surface area contributed by atoms with Gasteiger partial charge in [0.1, 0.15) is 5.75 Å². The van der Waals surface area contributed by atoms with Crippen molar-refractivity contribution in [3.8, 4) is 5.75 Å². The smallest absolute Gasteiger partial charge is 0.251 e. The largest absolute Gasteiger partial charge is 0.495 e. The highest BCUT2D eigenvalue weighted by Gasteiger charge is 2.07. The molecule has 5 heteroatoms. The number of hydrogen-bond donors (Lipinski definition) is 2.